The van der Waals surface area contributed by atoms with Gasteiger partial charge in [-0.15, -0.1) is 11.6 Å². The Labute approximate surface area is 131 Å². The molecule has 0 aliphatic carbocycles. The summed E-state index contributed by atoms with van der Waals surface area (Å²) in [6, 6.07) is 11.4. The standard InChI is InChI=1S/C15H12Cl2F2O2/c1-20-13-6-5-10(8-12(13)16)14(17)9-3-2-4-11(7-9)21-15(18)19/h2-8,14-15H,1H3. The van der Waals surface area contributed by atoms with Gasteiger partial charge in [0, 0.05) is 0 Å². The van der Waals surface area contributed by atoms with Gasteiger partial charge >= 0.3 is 6.61 Å². The molecule has 0 saturated carbocycles. The van der Waals surface area contributed by atoms with Crippen LogP contribution < -0.4 is 9.47 Å². The molecule has 0 saturated heterocycles. The van der Waals surface area contributed by atoms with Crippen LogP contribution in [-0.4, -0.2) is 13.7 Å². The van der Waals surface area contributed by atoms with Crippen LogP contribution >= 0.6 is 23.2 Å². The summed E-state index contributed by atoms with van der Waals surface area (Å²) in [5.74, 6) is 0.604. The molecule has 0 aliphatic rings. The van der Waals surface area contributed by atoms with Gasteiger partial charge in [-0.2, -0.15) is 8.78 Å². The number of hydrogen-bond acceptors (Lipinski definition) is 2. The van der Waals surface area contributed by atoms with Crippen LogP contribution in [0.5, 0.6) is 11.5 Å². The quantitative estimate of drug-likeness (QED) is 0.693. The van der Waals surface area contributed by atoms with Crippen molar-refractivity contribution in [1.29, 1.82) is 0 Å². The monoisotopic (exact) mass is 332 g/mol. The second kappa shape index (κ2) is 6.96. The highest BCUT2D eigenvalue weighted by Gasteiger charge is 2.14. The van der Waals surface area contributed by atoms with Crippen molar-refractivity contribution in [3.63, 3.8) is 0 Å². The van der Waals surface area contributed by atoms with E-state index in [0.29, 0.717) is 16.3 Å². The fourth-order valence-electron chi connectivity index (χ4n) is 1.88. The lowest BCUT2D eigenvalue weighted by Crippen LogP contribution is -2.02. The first-order valence-corrected chi connectivity index (χ1v) is 6.85. The van der Waals surface area contributed by atoms with E-state index in [1.54, 1.807) is 30.3 Å². The van der Waals surface area contributed by atoms with E-state index >= 15 is 0 Å². The van der Waals surface area contributed by atoms with Crippen LogP contribution in [-0.2, 0) is 0 Å². The second-order valence-corrected chi connectivity index (χ2v) is 5.05. The summed E-state index contributed by atoms with van der Waals surface area (Å²) in [7, 11) is 1.52. The van der Waals surface area contributed by atoms with Gasteiger partial charge in [0.2, 0.25) is 0 Å². The SMILES string of the molecule is COc1ccc(C(Cl)c2cccc(OC(F)F)c2)cc1Cl. The molecular weight excluding hydrogens is 321 g/mol. The molecule has 0 N–H and O–H groups in total. The minimum Gasteiger partial charge on any atom is -0.495 e. The summed E-state index contributed by atoms with van der Waals surface area (Å²) >= 11 is 12.4. The topological polar surface area (TPSA) is 18.5 Å². The molecule has 0 radical (unpaired) electrons. The van der Waals surface area contributed by atoms with Crippen molar-refractivity contribution in [3.05, 3.63) is 58.6 Å². The number of methoxy groups -OCH3 is 1. The van der Waals surface area contributed by atoms with Gasteiger partial charge in [-0.25, -0.2) is 0 Å². The zero-order valence-electron chi connectivity index (χ0n) is 11.0. The Bertz CT molecular complexity index is 620. The molecule has 112 valence electrons. The van der Waals surface area contributed by atoms with E-state index in [-0.39, 0.29) is 5.75 Å². The zero-order valence-corrected chi connectivity index (χ0v) is 12.5. The minimum absolute atomic E-state index is 0.0627. The van der Waals surface area contributed by atoms with Gasteiger partial charge in [0.25, 0.3) is 0 Å². The van der Waals surface area contributed by atoms with Crippen molar-refractivity contribution >= 4 is 23.2 Å². The molecule has 0 bridgehead atoms. The van der Waals surface area contributed by atoms with E-state index in [1.807, 2.05) is 0 Å². The Hall–Kier alpha value is -1.52. The lowest BCUT2D eigenvalue weighted by molar-refractivity contribution is -0.0498. The van der Waals surface area contributed by atoms with Crippen LogP contribution in [0, 0.1) is 0 Å². The molecule has 0 amide bonds. The van der Waals surface area contributed by atoms with Crippen LogP contribution in [0.3, 0.4) is 0 Å². The average Bonchev–Trinajstić information content (AvgIpc) is 2.46. The molecular formula is C15H12Cl2F2O2. The maximum Gasteiger partial charge on any atom is 0.387 e. The molecule has 1 unspecified atom stereocenters. The minimum atomic E-state index is -2.87. The third-order valence-corrected chi connectivity index (χ3v) is 3.64. The Morgan fingerprint density at radius 2 is 1.76 bits per heavy atom. The highest BCUT2D eigenvalue weighted by molar-refractivity contribution is 6.32. The summed E-state index contributed by atoms with van der Waals surface area (Å²) in [6.45, 7) is -2.87. The summed E-state index contributed by atoms with van der Waals surface area (Å²) < 4.78 is 33.9. The smallest absolute Gasteiger partial charge is 0.387 e. The van der Waals surface area contributed by atoms with Crippen molar-refractivity contribution in [2.75, 3.05) is 7.11 Å². The van der Waals surface area contributed by atoms with Crippen LogP contribution in [0.15, 0.2) is 42.5 Å². The first-order chi connectivity index (χ1) is 10.0. The Balaban J connectivity index is 2.27. The lowest BCUT2D eigenvalue weighted by atomic mass is 10.0. The molecule has 0 fully saturated rings. The van der Waals surface area contributed by atoms with Crippen LogP contribution in [0.4, 0.5) is 8.78 Å². The van der Waals surface area contributed by atoms with Crippen molar-refractivity contribution in [1.82, 2.24) is 0 Å². The molecule has 2 rings (SSSR count). The molecule has 1 atom stereocenters. The van der Waals surface area contributed by atoms with Crippen LogP contribution in [0.2, 0.25) is 5.02 Å². The maximum absolute atomic E-state index is 12.2. The van der Waals surface area contributed by atoms with E-state index in [1.165, 1.54) is 19.2 Å². The zero-order chi connectivity index (χ0) is 15.4. The number of rotatable bonds is 5. The largest absolute Gasteiger partial charge is 0.495 e. The Morgan fingerprint density at radius 1 is 1.05 bits per heavy atom. The molecule has 0 heterocycles. The van der Waals surface area contributed by atoms with Gasteiger partial charge < -0.3 is 9.47 Å². The van der Waals surface area contributed by atoms with E-state index in [2.05, 4.69) is 4.74 Å². The van der Waals surface area contributed by atoms with Gasteiger partial charge in [0.05, 0.1) is 17.5 Å². The van der Waals surface area contributed by atoms with Crippen molar-refractivity contribution in [3.8, 4) is 11.5 Å². The average molecular weight is 333 g/mol. The highest BCUT2D eigenvalue weighted by Crippen LogP contribution is 2.35. The summed E-state index contributed by atoms with van der Waals surface area (Å²) in [5.41, 5.74) is 1.37. The number of halogens is 4. The third-order valence-electron chi connectivity index (χ3n) is 2.84. The number of alkyl halides is 3. The first-order valence-electron chi connectivity index (χ1n) is 6.03. The van der Waals surface area contributed by atoms with E-state index in [9.17, 15) is 8.78 Å². The fraction of sp³-hybridized carbons (Fsp3) is 0.200. The third kappa shape index (κ3) is 3.99. The van der Waals surface area contributed by atoms with Gasteiger partial charge in [0.1, 0.15) is 11.5 Å². The summed E-state index contributed by atoms with van der Waals surface area (Å²) in [4.78, 5) is 0. The van der Waals surface area contributed by atoms with Gasteiger partial charge in [0.15, 0.2) is 0 Å². The predicted octanol–water partition coefficient (Wildman–Crippen LogP) is 5.28. The molecule has 21 heavy (non-hydrogen) atoms. The maximum atomic E-state index is 12.2. The number of hydrogen-bond donors (Lipinski definition) is 0. The fourth-order valence-corrected chi connectivity index (χ4v) is 2.42. The Morgan fingerprint density at radius 3 is 2.38 bits per heavy atom. The summed E-state index contributed by atoms with van der Waals surface area (Å²) in [5, 5.41) is -0.102. The molecule has 0 spiro atoms. The van der Waals surface area contributed by atoms with Gasteiger partial charge in [-0.3, -0.25) is 0 Å². The second-order valence-electron chi connectivity index (χ2n) is 4.21. The summed E-state index contributed by atoms with van der Waals surface area (Å²) in [6.07, 6.45) is 0. The van der Waals surface area contributed by atoms with Crippen molar-refractivity contribution < 1.29 is 18.3 Å². The predicted molar refractivity (Wildman–Crippen MR) is 78.8 cm³/mol. The lowest BCUT2D eigenvalue weighted by Gasteiger charge is -2.13. The van der Waals surface area contributed by atoms with E-state index < -0.39 is 12.0 Å². The van der Waals surface area contributed by atoms with Gasteiger partial charge in [-0.05, 0) is 35.4 Å². The molecule has 0 aromatic heterocycles. The number of ether oxygens (including phenoxy) is 2. The highest BCUT2D eigenvalue weighted by atomic mass is 35.5. The van der Waals surface area contributed by atoms with Crippen LogP contribution in [0.25, 0.3) is 0 Å². The molecule has 2 aromatic rings. The van der Waals surface area contributed by atoms with E-state index in [0.717, 1.165) is 5.56 Å². The molecule has 0 aliphatic heterocycles. The van der Waals surface area contributed by atoms with Gasteiger partial charge in [-0.1, -0.05) is 29.8 Å². The Kier molecular flexibility index (Phi) is 5.26. The first kappa shape index (κ1) is 15.9. The molecule has 2 nitrogen and oxygen atoms in total. The van der Waals surface area contributed by atoms with Crippen molar-refractivity contribution in [2.45, 2.75) is 12.0 Å². The normalized spacial score (nSPS) is 12.3. The van der Waals surface area contributed by atoms with E-state index in [4.69, 9.17) is 27.9 Å². The molecule has 2 aromatic carbocycles. The van der Waals surface area contributed by atoms with Crippen LogP contribution in [0.1, 0.15) is 16.5 Å². The molecule has 6 heteroatoms. The number of benzene rings is 2. The van der Waals surface area contributed by atoms with Crippen molar-refractivity contribution in [2.24, 2.45) is 0 Å².